The van der Waals surface area contributed by atoms with Crippen molar-refractivity contribution in [3.05, 3.63) is 57.8 Å². The van der Waals surface area contributed by atoms with Crippen molar-refractivity contribution >= 4 is 39.5 Å². The second kappa shape index (κ2) is 8.25. The highest BCUT2D eigenvalue weighted by Gasteiger charge is 2.15. The van der Waals surface area contributed by atoms with Crippen LogP contribution in [0.25, 0.3) is 0 Å². The van der Waals surface area contributed by atoms with Crippen molar-refractivity contribution in [1.82, 2.24) is 15.8 Å². The van der Waals surface area contributed by atoms with E-state index in [1.807, 2.05) is 0 Å². The molecule has 2 rings (SSSR count). The molecule has 0 aliphatic carbocycles. The van der Waals surface area contributed by atoms with Crippen LogP contribution in [0, 0.1) is 0 Å². The molecule has 0 bridgehead atoms. The molecule has 0 radical (unpaired) electrons. The molecule has 0 saturated carbocycles. The van der Waals surface area contributed by atoms with Gasteiger partial charge in [-0.15, -0.1) is 0 Å². The van der Waals surface area contributed by atoms with Gasteiger partial charge < -0.3 is 9.72 Å². The van der Waals surface area contributed by atoms with Crippen LogP contribution in [0.4, 0.5) is 0 Å². The number of carbonyl (C=O) groups is 4. The zero-order chi connectivity index (χ0) is 18.4. The van der Waals surface area contributed by atoms with Crippen molar-refractivity contribution in [1.29, 1.82) is 0 Å². The summed E-state index contributed by atoms with van der Waals surface area (Å²) in [4.78, 5) is 49.0. The van der Waals surface area contributed by atoms with Crippen molar-refractivity contribution in [2.75, 3.05) is 6.61 Å². The summed E-state index contributed by atoms with van der Waals surface area (Å²) in [6, 6.07) is 8.01. The van der Waals surface area contributed by atoms with E-state index >= 15 is 0 Å². The number of nitrogens with one attached hydrogen (secondary N) is 3. The van der Waals surface area contributed by atoms with Crippen LogP contribution >= 0.6 is 15.9 Å². The first-order valence-corrected chi connectivity index (χ1v) is 7.88. The Kier molecular flexibility index (Phi) is 6.07. The number of halogens is 1. The van der Waals surface area contributed by atoms with Gasteiger partial charge in [0.05, 0.1) is 5.56 Å². The van der Waals surface area contributed by atoms with Gasteiger partial charge in [-0.05, 0) is 41.1 Å². The number of hydrazine groups is 1. The van der Waals surface area contributed by atoms with Crippen LogP contribution in [0.1, 0.15) is 38.1 Å². The molecule has 130 valence electrons. The molecule has 2 amide bonds. The Morgan fingerprint density at radius 3 is 2.52 bits per heavy atom. The van der Waals surface area contributed by atoms with Crippen molar-refractivity contribution in [3.63, 3.8) is 0 Å². The first kappa shape index (κ1) is 18.4. The number of carbonyl (C=O) groups excluding carboxylic acids is 4. The lowest BCUT2D eigenvalue weighted by Crippen LogP contribution is -2.43. The first-order valence-electron chi connectivity index (χ1n) is 7.08. The molecule has 8 nitrogen and oxygen atoms in total. The van der Waals surface area contributed by atoms with Crippen LogP contribution in [-0.2, 0) is 9.53 Å². The molecule has 0 aliphatic heterocycles. The van der Waals surface area contributed by atoms with Crippen molar-refractivity contribution in [3.8, 4) is 0 Å². The lowest BCUT2D eigenvalue weighted by Gasteiger charge is -2.08. The third-order valence-corrected chi connectivity index (χ3v) is 3.77. The number of rotatable bonds is 5. The van der Waals surface area contributed by atoms with E-state index in [2.05, 4.69) is 31.8 Å². The van der Waals surface area contributed by atoms with Gasteiger partial charge in [0.1, 0.15) is 5.69 Å². The second-order valence-electron chi connectivity index (χ2n) is 4.92. The van der Waals surface area contributed by atoms with E-state index in [-0.39, 0.29) is 11.5 Å². The Balaban J connectivity index is 1.80. The Labute approximate surface area is 151 Å². The Morgan fingerprint density at radius 1 is 1.16 bits per heavy atom. The van der Waals surface area contributed by atoms with Crippen LogP contribution in [0.3, 0.4) is 0 Å². The largest absolute Gasteiger partial charge is 0.451 e. The van der Waals surface area contributed by atoms with Gasteiger partial charge in [0.25, 0.3) is 11.8 Å². The maximum absolute atomic E-state index is 11.9. The molecule has 0 spiro atoms. The van der Waals surface area contributed by atoms with Crippen molar-refractivity contribution < 1.29 is 23.9 Å². The molecule has 0 fully saturated rings. The number of hydrogen-bond donors (Lipinski definition) is 3. The molecule has 1 heterocycles. The molecule has 1 aromatic carbocycles. The summed E-state index contributed by atoms with van der Waals surface area (Å²) in [6.07, 6.45) is 1.37. The summed E-state index contributed by atoms with van der Waals surface area (Å²) in [5.74, 6) is -2.24. The van der Waals surface area contributed by atoms with E-state index < -0.39 is 24.4 Å². The van der Waals surface area contributed by atoms with Crippen LogP contribution in [0.2, 0.25) is 0 Å². The predicted octanol–water partition coefficient (Wildman–Crippen LogP) is 1.60. The molecule has 0 saturated heterocycles. The number of aromatic amines is 1. The monoisotopic (exact) mass is 407 g/mol. The number of benzene rings is 1. The van der Waals surface area contributed by atoms with Crippen LogP contribution in [0.5, 0.6) is 0 Å². The van der Waals surface area contributed by atoms with Gasteiger partial charge in [-0.3, -0.25) is 25.2 Å². The van der Waals surface area contributed by atoms with E-state index in [0.29, 0.717) is 15.6 Å². The number of esters is 1. The van der Waals surface area contributed by atoms with Gasteiger partial charge in [-0.1, -0.05) is 12.1 Å². The minimum Gasteiger partial charge on any atom is -0.451 e. The van der Waals surface area contributed by atoms with Crippen LogP contribution < -0.4 is 10.9 Å². The third kappa shape index (κ3) is 5.01. The van der Waals surface area contributed by atoms with Crippen molar-refractivity contribution in [2.24, 2.45) is 0 Å². The molecule has 0 atom stereocenters. The van der Waals surface area contributed by atoms with Gasteiger partial charge in [-0.25, -0.2) is 4.79 Å². The summed E-state index contributed by atoms with van der Waals surface area (Å²) >= 11 is 3.22. The highest BCUT2D eigenvalue weighted by Crippen LogP contribution is 2.15. The lowest BCUT2D eigenvalue weighted by molar-refractivity contribution is -0.125. The number of amides is 2. The van der Waals surface area contributed by atoms with Crippen LogP contribution in [-0.4, -0.2) is 35.2 Å². The molecule has 2 aromatic rings. The molecule has 1 aromatic heterocycles. The lowest BCUT2D eigenvalue weighted by atomic mass is 10.2. The number of ether oxygens (including phenoxy) is 1. The highest BCUT2D eigenvalue weighted by molar-refractivity contribution is 9.10. The fraction of sp³-hybridized carbons (Fsp3) is 0.125. The molecule has 0 unspecified atom stereocenters. The number of H-pyrrole nitrogens is 1. The van der Waals surface area contributed by atoms with E-state index in [1.54, 1.807) is 24.3 Å². The van der Waals surface area contributed by atoms with Crippen molar-refractivity contribution in [2.45, 2.75) is 6.92 Å². The fourth-order valence-corrected chi connectivity index (χ4v) is 2.26. The highest BCUT2D eigenvalue weighted by atomic mass is 79.9. The van der Waals surface area contributed by atoms with E-state index in [1.165, 1.54) is 19.2 Å². The topological polar surface area (TPSA) is 117 Å². The Hall–Kier alpha value is -2.94. The first-order chi connectivity index (χ1) is 11.9. The van der Waals surface area contributed by atoms with Crippen LogP contribution in [0.15, 0.2) is 41.0 Å². The molecule has 3 N–H and O–H groups in total. The Morgan fingerprint density at radius 2 is 1.88 bits per heavy atom. The van der Waals surface area contributed by atoms with Gasteiger partial charge in [-0.2, -0.15) is 0 Å². The maximum atomic E-state index is 11.9. The summed E-state index contributed by atoms with van der Waals surface area (Å²) in [5, 5.41) is 0. The smallest absolute Gasteiger partial charge is 0.355 e. The number of aromatic nitrogens is 1. The van der Waals surface area contributed by atoms with Gasteiger partial charge in [0, 0.05) is 16.2 Å². The zero-order valence-electron chi connectivity index (χ0n) is 13.1. The minimum absolute atomic E-state index is 0.0512. The van der Waals surface area contributed by atoms with Gasteiger partial charge >= 0.3 is 5.97 Å². The third-order valence-electron chi connectivity index (χ3n) is 3.08. The summed E-state index contributed by atoms with van der Waals surface area (Å²) in [5.41, 5.74) is 5.07. The summed E-state index contributed by atoms with van der Waals surface area (Å²) in [6.45, 7) is 0.767. The average Bonchev–Trinajstić information content (AvgIpc) is 3.08. The molecule has 25 heavy (non-hydrogen) atoms. The fourth-order valence-electron chi connectivity index (χ4n) is 1.80. The number of Topliss-reactive ketones (excluding diaryl/α,β-unsaturated/α-hetero) is 1. The molecular weight excluding hydrogens is 394 g/mol. The molecular formula is C16H14BrN3O5. The molecule has 0 aliphatic rings. The molecule has 9 heteroatoms. The zero-order valence-corrected chi connectivity index (χ0v) is 14.7. The Bertz CT molecular complexity index is 831. The van der Waals surface area contributed by atoms with Gasteiger partial charge in [0.15, 0.2) is 12.4 Å². The van der Waals surface area contributed by atoms with E-state index in [4.69, 9.17) is 4.74 Å². The average molecular weight is 408 g/mol. The van der Waals surface area contributed by atoms with E-state index in [0.717, 1.165) is 0 Å². The normalized spacial score (nSPS) is 10.0. The second-order valence-corrected chi connectivity index (χ2v) is 5.77. The summed E-state index contributed by atoms with van der Waals surface area (Å²) in [7, 11) is 0. The predicted molar refractivity (Wildman–Crippen MR) is 90.8 cm³/mol. The summed E-state index contributed by atoms with van der Waals surface area (Å²) < 4.78 is 5.36. The quantitative estimate of drug-likeness (QED) is 0.395. The van der Waals surface area contributed by atoms with E-state index in [9.17, 15) is 19.2 Å². The standard InChI is InChI=1S/C16H14BrN3O5/c1-9(21)10-6-13(18-7-10)16(24)25-8-14(22)19-20-15(23)11-4-2-3-5-12(11)17/h2-7,18H,8H2,1H3,(H,19,22)(H,20,23). The number of ketones is 1. The van der Waals surface area contributed by atoms with Gasteiger partial charge in [0.2, 0.25) is 0 Å². The SMILES string of the molecule is CC(=O)c1c[nH]c(C(=O)OCC(=O)NNC(=O)c2ccccc2Br)c1. The maximum Gasteiger partial charge on any atom is 0.355 e. The number of hydrogen-bond acceptors (Lipinski definition) is 5. The minimum atomic E-state index is -0.792.